The van der Waals surface area contributed by atoms with Gasteiger partial charge in [-0.1, -0.05) is 26.2 Å². The molecule has 29 heavy (non-hydrogen) atoms. The van der Waals surface area contributed by atoms with E-state index in [1.807, 2.05) is 19.9 Å². The van der Waals surface area contributed by atoms with Crippen LogP contribution in [0.4, 0.5) is 4.79 Å². The number of aryl methyl sites for hydroxylation is 1. The number of nitrogens with one attached hydrogen (secondary N) is 2. The van der Waals surface area contributed by atoms with Crippen molar-refractivity contribution in [1.82, 2.24) is 20.3 Å². The molecule has 2 heterocycles. The predicted molar refractivity (Wildman–Crippen MR) is 109 cm³/mol. The lowest BCUT2D eigenvalue weighted by Gasteiger charge is -2.33. The summed E-state index contributed by atoms with van der Waals surface area (Å²) in [4.78, 5) is 38.5. The van der Waals surface area contributed by atoms with Crippen molar-refractivity contribution in [3.8, 4) is 0 Å². The molecule has 0 atom stereocenters. The summed E-state index contributed by atoms with van der Waals surface area (Å²) in [6, 6.07) is 1.77. The molecule has 2 saturated carbocycles. The maximum absolute atomic E-state index is 13.0. The minimum absolute atomic E-state index is 0.330. The number of nitrogens with zero attached hydrogens (tertiary/aromatic N) is 2. The van der Waals surface area contributed by atoms with Gasteiger partial charge in [0.25, 0.3) is 11.8 Å². The normalized spacial score (nSPS) is 28.1. The molecular weight excluding hydrogens is 368 g/mol. The average Bonchev–Trinajstić information content (AvgIpc) is 3.13. The maximum atomic E-state index is 13.0. The summed E-state index contributed by atoms with van der Waals surface area (Å²) in [6.45, 7) is 6.13. The lowest BCUT2D eigenvalue weighted by Crippen LogP contribution is -2.51. The van der Waals surface area contributed by atoms with Crippen molar-refractivity contribution in [2.75, 3.05) is 0 Å². The van der Waals surface area contributed by atoms with Crippen LogP contribution in [0.25, 0.3) is 0 Å². The highest BCUT2D eigenvalue weighted by Gasteiger charge is 2.53. The van der Waals surface area contributed by atoms with E-state index in [1.54, 1.807) is 0 Å². The van der Waals surface area contributed by atoms with Gasteiger partial charge in [0.1, 0.15) is 5.54 Å². The van der Waals surface area contributed by atoms with Crippen LogP contribution in [-0.2, 0) is 4.79 Å². The van der Waals surface area contributed by atoms with Crippen molar-refractivity contribution in [3.05, 3.63) is 23.0 Å². The van der Waals surface area contributed by atoms with Crippen LogP contribution in [-0.4, -0.2) is 33.0 Å². The van der Waals surface area contributed by atoms with Gasteiger partial charge >= 0.3 is 6.03 Å². The number of amides is 4. The molecule has 7 nitrogen and oxygen atoms in total. The minimum atomic E-state index is -0.851. The summed E-state index contributed by atoms with van der Waals surface area (Å²) < 4.78 is 2.25. The summed E-state index contributed by atoms with van der Waals surface area (Å²) in [5.41, 5.74) is 4.22. The fourth-order valence-electron chi connectivity index (χ4n) is 5.39. The molecule has 1 aromatic heterocycles. The number of urea groups is 1. The van der Waals surface area contributed by atoms with E-state index in [1.165, 1.54) is 19.3 Å². The van der Waals surface area contributed by atoms with Gasteiger partial charge in [-0.3, -0.25) is 15.0 Å². The molecule has 1 spiro atoms. The quantitative estimate of drug-likeness (QED) is 0.758. The summed E-state index contributed by atoms with van der Waals surface area (Å²) in [5.74, 6) is -0.173. The number of aromatic nitrogens is 1. The van der Waals surface area contributed by atoms with Crippen LogP contribution < -0.4 is 10.7 Å². The fraction of sp³-hybridized carbons (Fsp3) is 0.682. The van der Waals surface area contributed by atoms with Crippen LogP contribution in [0.1, 0.15) is 92.5 Å². The molecule has 3 fully saturated rings. The summed E-state index contributed by atoms with van der Waals surface area (Å²) >= 11 is 0. The van der Waals surface area contributed by atoms with Gasteiger partial charge in [0.15, 0.2) is 0 Å². The molecule has 4 rings (SSSR count). The first-order valence-corrected chi connectivity index (χ1v) is 11.0. The number of rotatable bonds is 3. The highest BCUT2D eigenvalue weighted by atomic mass is 16.2. The monoisotopic (exact) mass is 400 g/mol. The lowest BCUT2D eigenvalue weighted by molar-refractivity contribution is -0.134. The van der Waals surface area contributed by atoms with Crippen LogP contribution in [0.2, 0.25) is 0 Å². The number of hydrogen-bond acceptors (Lipinski definition) is 3. The Labute approximate surface area is 172 Å². The second-order valence-electron chi connectivity index (χ2n) is 9.22. The molecule has 7 heteroatoms. The number of carbonyl (C=O) groups excluding carboxylic acids is 3. The van der Waals surface area contributed by atoms with E-state index in [0.717, 1.165) is 42.1 Å². The SMILES string of the molecule is Cc1cc(C(=O)NN2C(=O)NC3(CCC(C)CC3)C2=O)c(C)n1C1CCCCC1. The Morgan fingerprint density at radius 1 is 1.10 bits per heavy atom. The zero-order valence-electron chi connectivity index (χ0n) is 17.7. The van der Waals surface area contributed by atoms with E-state index >= 15 is 0 Å². The van der Waals surface area contributed by atoms with E-state index < -0.39 is 17.5 Å². The van der Waals surface area contributed by atoms with Crippen molar-refractivity contribution < 1.29 is 14.4 Å². The molecule has 3 aliphatic rings. The van der Waals surface area contributed by atoms with Gasteiger partial charge in [-0.2, -0.15) is 5.01 Å². The van der Waals surface area contributed by atoms with Crippen LogP contribution >= 0.6 is 0 Å². The summed E-state index contributed by atoms with van der Waals surface area (Å²) in [7, 11) is 0. The molecular formula is C22H32N4O3. The number of hydrazine groups is 1. The molecule has 0 radical (unpaired) electrons. The first-order valence-electron chi connectivity index (χ1n) is 11.0. The molecule has 2 aliphatic carbocycles. The number of hydrogen-bond donors (Lipinski definition) is 2. The predicted octanol–water partition coefficient (Wildman–Crippen LogP) is 3.76. The van der Waals surface area contributed by atoms with Gasteiger partial charge in [-0.15, -0.1) is 0 Å². The van der Waals surface area contributed by atoms with Crippen LogP contribution in [0.5, 0.6) is 0 Å². The standard InChI is InChI=1S/C22H32N4O3/c1-14-9-11-22(12-10-14)20(28)26(21(29)23-22)24-19(27)18-13-15(2)25(16(18)3)17-7-5-4-6-8-17/h13-14,17H,4-12H2,1-3H3,(H,23,29)(H,24,27). The smallest absolute Gasteiger partial charge is 0.344 e. The van der Waals surface area contributed by atoms with Gasteiger partial charge in [-0.05, 0) is 64.4 Å². The van der Waals surface area contributed by atoms with E-state index in [2.05, 4.69) is 22.2 Å². The fourth-order valence-corrected chi connectivity index (χ4v) is 5.39. The largest absolute Gasteiger partial charge is 0.345 e. The Morgan fingerprint density at radius 3 is 2.41 bits per heavy atom. The third-order valence-corrected chi connectivity index (χ3v) is 7.17. The topological polar surface area (TPSA) is 83.4 Å². The average molecular weight is 401 g/mol. The highest BCUT2D eigenvalue weighted by molar-refractivity contribution is 6.09. The van der Waals surface area contributed by atoms with Crippen molar-refractivity contribution in [2.24, 2.45) is 5.92 Å². The van der Waals surface area contributed by atoms with Crippen LogP contribution in [0, 0.1) is 19.8 Å². The zero-order valence-corrected chi connectivity index (χ0v) is 17.7. The first kappa shape index (κ1) is 20.0. The Kier molecular flexibility index (Phi) is 5.17. The van der Waals surface area contributed by atoms with Gasteiger partial charge < -0.3 is 9.88 Å². The molecule has 0 unspecified atom stereocenters. The molecule has 0 aromatic carbocycles. The Morgan fingerprint density at radius 2 is 1.76 bits per heavy atom. The molecule has 4 amide bonds. The highest BCUT2D eigenvalue weighted by Crippen LogP contribution is 2.36. The lowest BCUT2D eigenvalue weighted by atomic mass is 9.77. The van der Waals surface area contributed by atoms with Crippen molar-refractivity contribution in [1.29, 1.82) is 0 Å². The molecule has 1 aliphatic heterocycles. The second kappa shape index (κ2) is 7.50. The third-order valence-electron chi connectivity index (χ3n) is 7.17. The Balaban J connectivity index is 1.51. The van der Waals surface area contributed by atoms with Crippen LogP contribution in [0.15, 0.2) is 6.07 Å². The van der Waals surface area contributed by atoms with Crippen molar-refractivity contribution in [2.45, 2.75) is 90.1 Å². The summed E-state index contributed by atoms with van der Waals surface area (Å²) in [5, 5.41) is 3.74. The van der Waals surface area contributed by atoms with E-state index in [9.17, 15) is 14.4 Å². The van der Waals surface area contributed by atoms with Crippen molar-refractivity contribution in [3.63, 3.8) is 0 Å². The second-order valence-corrected chi connectivity index (χ2v) is 9.22. The number of imide groups is 1. The van der Waals surface area contributed by atoms with Crippen LogP contribution in [0.3, 0.4) is 0 Å². The van der Waals surface area contributed by atoms with E-state index in [0.29, 0.717) is 30.4 Å². The first-order chi connectivity index (χ1) is 13.8. The minimum Gasteiger partial charge on any atom is -0.345 e. The molecule has 2 N–H and O–H groups in total. The molecule has 1 saturated heterocycles. The van der Waals surface area contributed by atoms with Crippen molar-refractivity contribution >= 4 is 17.8 Å². The molecule has 158 valence electrons. The molecule has 0 bridgehead atoms. The number of carbonyl (C=O) groups is 3. The van der Waals surface area contributed by atoms with Gasteiger partial charge in [0, 0.05) is 17.4 Å². The molecule has 1 aromatic rings. The third kappa shape index (κ3) is 3.45. The zero-order chi connectivity index (χ0) is 20.8. The maximum Gasteiger partial charge on any atom is 0.344 e. The van der Waals surface area contributed by atoms with E-state index in [-0.39, 0.29) is 5.91 Å². The van der Waals surface area contributed by atoms with Gasteiger partial charge in [0.05, 0.1) is 5.56 Å². The summed E-state index contributed by atoms with van der Waals surface area (Å²) in [6.07, 6.45) is 9.01. The van der Waals surface area contributed by atoms with Gasteiger partial charge in [-0.25, -0.2) is 4.79 Å². The van der Waals surface area contributed by atoms with Gasteiger partial charge in [0.2, 0.25) is 0 Å². The Bertz CT molecular complexity index is 829. The Hall–Kier alpha value is -2.31. The van der Waals surface area contributed by atoms with E-state index in [4.69, 9.17) is 0 Å².